The van der Waals surface area contributed by atoms with Crippen molar-refractivity contribution in [2.45, 2.75) is 32.1 Å². The third-order valence-electron chi connectivity index (χ3n) is 2.19. The first-order valence-corrected chi connectivity index (χ1v) is 4.62. The first-order chi connectivity index (χ1) is 7.42. The van der Waals surface area contributed by atoms with Gasteiger partial charge in [0, 0.05) is 6.42 Å². The first kappa shape index (κ1) is 12.2. The largest absolute Gasteiger partial charge is 0.509 e. The smallest absolute Gasteiger partial charge is 0.422 e. The lowest BCUT2D eigenvalue weighted by Gasteiger charge is -2.32. The summed E-state index contributed by atoms with van der Waals surface area (Å²) < 4.78 is 13.6. The maximum Gasteiger partial charge on any atom is 0.509 e. The Morgan fingerprint density at radius 3 is 2.81 bits per heavy atom. The van der Waals surface area contributed by atoms with E-state index < -0.39 is 35.5 Å². The minimum Gasteiger partial charge on any atom is -0.422 e. The molecule has 8 nitrogen and oxygen atoms in total. The van der Waals surface area contributed by atoms with E-state index in [1.807, 2.05) is 0 Å². The van der Waals surface area contributed by atoms with Gasteiger partial charge in [0.05, 0.1) is 4.92 Å². The molecule has 0 aromatic heterocycles. The molecular formula is C8H11NO7. The molecule has 2 atom stereocenters. The maximum atomic E-state index is 11.1. The number of nitro groups is 1. The fourth-order valence-electron chi connectivity index (χ4n) is 1.17. The summed E-state index contributed by atoms with van der Waals surface area (Å²) in [5, 5.41) is 10.9. The van der Waals surface area contributed by atoms with Crippen molar-refractivity contribution in [3.8, 4) is 0 Å². The predicted octanol–water partition coefficient (Wildman–Crippen LogP) is 0.468. The lowest BCUT2D eigenvalue weighted by atomic mass is 10.1. The first-order valence-electron chi connectivity index (χ1n) is 4.62. The van der Waals surface area contributed by atoms with E-state index in [2.05, 4.69) is 9.47 Å². The number of esters is 1. The van der Waals surface area contributed by atoms with Crippen LogP contribution in [0.2, 0.25) is 0 Å². The van der Waals surface area contributed by atoms with Crippen LogP contribution in [0.5, 0.6) is 0 Å². The van der Waals surface area contributed by atoms with E-state index in [1.165, 1.54) is 13.8 Å². The van der Waals surface area contributed by atoms with Gasteiger partial charge in [-0.05, 0) is 6.92 Å². The van der Waals surface area contributed by atoms with Gasteiger partial charge in [-0.1, -0.05) is 6.92 Å². The van der Waals surface area contributed by atoms with Crippen molar-refractivity contribution in [1.29, 1.82) is 0 Å². The zero-order valence-corrected chi connectivity index (χ0v) is 8.80. The molecule has 0 radical (unpaired) electrons. The van der Waals surface area contributed by atoms with Crippen LogP contribution in [-0.4, -0.2) is 35.5 Å². The Labute approximate surface area is 90.6 Å². The highest BCUT2D eigenvalue weighted by Crippen LogP contribution is 2.26. The normalized spacial score (nSPS) is 28.9. The van der Waals surface area contributed by atoms with Gasteiger partial charge < -0.3 is 14.2 Å². The van der Waals surface area contributed by atoms with Crippen molar-refractivity contribution in [3.05, 3.63) is 10.1 Å². The van der Waals surface area contributed by atoms with E-state index in [4.69, 9.17) is 4.74 Å². The second-order valence-corrected chi connectivity index (χ2v) is 3.23. The van der Waals surface area contributed by atoms with Gasteiger partial charge in [0.1, 0.15) is 0 Å². The molecule has 0 aromatic carbocycles. The third kappa shape index (κ3) is 2.05. The average molecular weight is 233 g/mol. The molecule has 0 aromatic rings. The van der Waals surface area contributed by atoms with E-state index in [-0.39, 0.29) is 6.42 Å². The van der Waals surface area contributed by atoms with E-state index in [9.17, 15) is 19.7 Å². The molecule has 8 heteroatoms. The Morgan fingerprint density at radius 1 is 1.75 bits per heavy atom. The highest BCUT2D eigenvalue weighted by Gasteiger charge is 2.59. The molecule has 1 heterocycles. The summed E-state index contributed by atoms with van der Waals surface area (Å²) in [6.07, 6.45) is -2.23. The van der Waals surface area contributed by atoms with Crippen LogP contribution >= 0.6 is 0 Å². The van der Waals surface area contributed by atoms with Crippen LogP contribution in [0.3, 0.4) is 0 Å². The second kappa shape index (κ2) is 4.33. The molecule has 1 rings (SSSR count). The predicted molar refractivity (Wildman–Crippen MR) is 48.0 cm³/mol. The number of cyclic esters (lactones) is 2. The molecular weight excluding hydrogens is 222 g/mol. The zero-order chi connectivity index (χ0) is 12.3. The van der Waals surface area contributed by atoms with Gasteiger partial charge in [-0.3, -0.25) is 14.9 Å². The number of carbonyl (C=O) groups is 2. The molecule has 0 bridgehead atoms. The van der Waals surface area contributed by atoms with E-state index in [1.54, 1.807) is 0 Å². The standard InChI is InChI=1S/C8H11NO7/c1-3-6(10)16-8(9(12)13)4-14-7(11)15-5(8)2/h5H,3-4H2,1-2H3. The number of nitrogens with zero attached hydrogens (tertiary/aromatic N) is 1. The quantitative estimate of drug-likeness (QED) is 0.302. The lowest BCUT2D eigenvalue weighted by Crippen LogP contribution is -2.59. The highest BCUT2D eigenvalue weighted by atomic mass is 16.8. The SMILES string of the molecule is CCC(=O)OC1([N+](=O)[O-])COC(=O)OC1C. The van der Waals surface area contributed by atoms with E-state index >= 15 is 0 Å². The molecule has 0 amide bonds. The van der Waals surface area contributed by atoms with Gasteiger partial charge in [-0.2, -0.15) is 0 Å². The summed E-state index contributed by atoms with van der Waals surface area (Å²) in [4.78, 5) is 31.9. The Balaban J connectivity index is 2.92. The number of hydrogen-bond donors (Lipinski definition) is 0. The number of ether oxygens (including phenoxy) is 3. The van der Waals surface area contributed by atoms with Crippen molar-refractivity contribution in [3.63, 3.8) is 0 Å². The average Bonchev–Trinajstić information content (AvgIpc) is 2.21. The van der Waals surface area contributed by atoms with Gasteiger partial charge in [0.15, 0.2) is 0 Å². The summed E-state index contributed by atoms with van der Waals surface area (Å²) >= 11 is 0. The Bertz CT molecular complexity index is 328. The lowest BCUT2D eigenvalue weighted by molar-refractivity contribution is -0.640. The molecule has 16 heavy (non-hydrogen) atoms. The van der Waals surface area contributed by atoms with Crippen molar-refractivity contribution < 1.29 is 28.7 Å². The summed E-state index contributed by atoms with van der Waals surface area (Å²) in [6, 6.07) is 0. The van der Waals surface area contributed by atoms with E-state index in [0.29, 0.717) is 0 Å². The molecule has 90 valence electrons. The molecule has 0 spiro atoms. The summed E-state index contributed by atoms with van der Waals surface area (Å²) in [5.41, 5.74) is -2.15. The van der Waals surface area contributed by atoms with Gasteiger partial charge >= 0.3 is 17.8 Å². The van der Waals surface area contributed by atoms with Crippen LogP contribution in [0, 0.1) is 10.1 Å². The molecule has 2 unspecified atom stereocenters. The Morgan fingerprint density at radius 2 is 2.38 bits per heavy atom. The zero-order valence-electron chi connectivity index (χ0n) is 8.80. The van der Waals surface area contributed by atoms with Crippen molar-refractivity contribution >= 4 is 12.1 Å². The van der Waals surface area contributed by atoms with Gasteiger partial charge in [0.2, 0.25) is 12.7 Å². The second-order valence-electron chi connectivity index (χ2n) is 3.23. The summed E-state index contributed by atoms with van der Waals surface area (Å²) in [6.45, 7) is 2.12. The highest BCUT2D eigenvalue weighted by molar-refractivity contribution is 5.69. The van der Waals surface area contributed by atoms with Crippen LogP contribution in [0.4, 0.5) is 4.79 Å². The monoisotopic (exact) mass is 233 g/mol. The molecule has 0 aliphatic carbocycles. The minimum absolute atomic E-state index is 0.0176. The fourth-order valence-corrected chi connectivity index (χ4v) is 1.17. The van der Waals surface area contributed by atoms with E-state index in [0.717, 1.165) is 0 Å². The van der Waals surface area contributed by atoms with Gasteiger partial charge in [-0.25, -0.2) is 4.79 Å². The Hall–Kier alpha value is -1.86. The van der Waals surface area contributed by atoms with Crippen LogP contribution in [0.25, 0.3) is 0 Å². The van der Waals surface area contributed by atoms with Crippen molar-refractivity contribution in [2.75, 3.05) is 6.61 Å². The summed E-state index contributed by atoms with van der Waals surface area (Å²) in [5.74, 6) is -0.759. The topological polar surface area (TPSA) is 105 Å². The van der Waals surface area contributed by atoms with Crippen LogP contribution < -0.4 is 0 Å². The molecule has 1 aliphatic rings. The Kier molecular flexibility index (Phi) is 3.31. The van der Waals surface area contributed by atoms with Crippen LogP contribution in [-0.2, 0) is 19.0 Å². The number of carbonyl (C=O) groups excluding carboxylic acids is 2. The maximum absolute atomic E-state index is 11.1. The molecule has 1 aliphatic heterocycles. The third-order valence-corrected chi connectivity index (χ3v) is 2.19. The van der Waals surface area contributed by atoms with Gasteiger partial charge in [-0.15, -0.1) is 0 Å². The molecule has 0 N–H and O–H groups in total. The minimum atomic E-state index is -2.15. The van der Waals surface area contributed by atoms with Gasteiger partial charge in [0.25, 0.3) is 0 Å². The van der Waals surface area contributed by atoms with Crippen LogP contribution in [0.15, 0.2) is 0 Å². The summed E-state index contributed by atoms with van der Waals surface area (Å²) in [7, 11) is 0. The van der Waals surface area contributed by atoms with Crippen LogP contribution in [0.1, 0.15) is 20.3 Å². The molecule has 1 fully saturated rings. The van der Waals surface area contributed by atoms with Crippen molar-refractivity contribution in [1.82, 2.24) is 0 Å². The van der Waals surface area contributed by atoms with Crippen molar-refractivity contribution in [2.24, 2.45) is 0 Å². The fraction of sp³-hybridized carbons (Fsp3) is 0.750. The number of hydrogen-bond acceptors (Lipinski definition) is 7. The molecule has 0 saturated carbocycles. The number of rotatable bonds is 3. The molecule has 1 saturated heterocycles.